The second kappa shape index (κ2) is 3.30. The predicted octanol–water partition coefficient (Wildman–Crippen LogP) is 0.509. The van der Waals surface area contributed by atoms with E-state index in [2.05, 4.69) is 0 Å². The van der Waals surface area contributed by atoms with Gasteiger partial charge < -0.3 is 18.9 Å². The van der Waals surface area contributed by atoms with Crippen LogP contribution in [0.25, 0.3) is 0 Å². The fourth-order valence-corrected chi connectivity index (χ4v) is 1.63. The Morgan fingerprint density at radius 2 is 1.17 bits per heavy atom. The maximum absolute atomic E-state index is 5.39. The van der Waals surface area contributed by atoms with Crippen LogP contribution in [-0.4, -0.2) is 38.0 Å². The van der Waals surface area contributed by atoms with Gasteiger partial charge in [0.2, 0.25) is 0 Å². The van der Waals surface area contributed by atoms with E-state index in [9.17, 15) is 0 Å². The molecule has 4 nitrogen and oxygen atoms in total. The van der Waals surface area contributed by atoms with Gasteiger partial charge in [0.15, 0.2) is 0 Å². The molecule has 0 spiro atoms. The Labute approximate surface area is 71.7 Å². The molecule has 2 saturated heterocycles. The highest BCUT2D eigenvalue weighted by Crippen LogP contribution is 2.24. The molecule has 4 atom stereocenters. The van der Waals surface area contributed by atoms with E-state index in [4.69, 9.17) is 18.9 Å². The zero-order valence-corrected chi connectivity index (χ0v) is 7.36. The third-order valence-corrected chi connectivity index (χ3v) is 2.43. The highest BCUT2D eigenvalue weighted by atomic mass is 16.8. The average Bonchev–Trinajstić information content (AvgIpc) is 2.07. The van der Waals surface area contributed by atoms with E-state index in [0.717, 1.165) is 0 Å². The van der Waals surface area contributed by atoms with Crippen LogP contribution in [0.1, 0.15) is 13.8 Å². The highest BCUT2D eigenvalue weighted by Gasteiger charge is 2.40. The van der Waals surface area contributed by atoms with E-state index in [0.29, 0.717) is 13.6 Å². The Morgan fingerprint density at radius 3 is 1.58 bits per heavy atom. The summed E-state index contributed by atoms with van der Waals surface area (Å²) in [6.45, 7) is 4.69. The van der Waals surface area contributed by atoms with Crippen LogP contribution in [0.15, 0.2) is 0 Å². The molecule has 0 radical (unpaired) electrons. The lowest BCUT2D eigenvalue weighted by atomic mass is 10.0. The largest absolute Gasteiger partial charge is 0.350 e. The first-order valence-corrected chi connectivity index (χ1v) is 4.25. The molecule has 70 valence electrons. The first-order chi connectivity index (χ1) is 5.79. The van der Waals surface area contributed by atoms with Gasteiger partial charge in [0, 0.05) is 0 Å². The molecular formula is C8H14O4. The minimum atomic E-state index is 0.0301. The van der Waals surface area contributed by atoms with Crippen molar-refractivity contribution >= 4 is 0 Å². The predicted molar refractivity (Wildman–Crippen MR) is 40.6 cm³/mol. The van der Waals surface area contributed by atoms with E-state index < -0.39 is 0 Å². The molecule has 2 aliphatic rings. The normalized spacial score (nSPS) is 48.5. The second-order valence-corrected chi connectivity index (χ2v) is 3.24. The minimum absolute atomic E-state index is 0.0301. The number of hydrogen-bond donors (Lipinski definition) is 0. The molecule has 4 heteroatoms. The summed E-state index contributed by atoms with van der Waals surface area (Å²) in [5, 5.41) is 0. The topological polar surface area (TPSA) is 36.9 Å². The minimum Gasteiger partial charge on any atom is -0.350 e. The zero-order chi connectivity index (χ0) is 8.55. The van der Waals surface area contributed by atoms with Gasteiger partial charge in [-0.2, -0.15) is 0 Å². The third-order valence-electron chi connectivity index (χ3n) is 2.43. The third kappa shape index (κ3) is 1.35. The van der Waals surface area contributed by atoms with E-state index >= 15 is 0 Å². The molecule has 2 rings (SSSR count). The van der Waals surface area contributed by atoms with E-state index in [1.165, 1.54) is 0 Å². The van der Waals surface area contributed by atoms with Gasteiger partial charge in [0.25, 0.3) is 0 Å². The van der Waals surface area contributed by atoms with Gasteiger partial charge in [0.05, 0.1) is 12.2 Å². The summed E-state index contributed by atoms with van der Waals surface area (Å²) in [7, 11) is 0. The maximum atomic E-state index is 5.39. The molecule has 0 aromatic rings. The SMILES string of the molecule is CC1OCOC2C(C)OCOC12. The summed E-state index contributed by atoms with van der Waals surface area (Å²) in [6, 6.07) is 0. The summed E-state index contributed by atoms with van der Waals surface area (Å²) in [5.74, 6) is 0. The first-order valence-electron chi connectivity index (χ1n) is 4.25. The summed E-state index contributed by atoms with van der Waals surface area (Å²) >= 11 is 0. The molecule has 0 bridgehead atoms. The van der Waals surface area contributed by atoms with Crippen molar-refractivity contribution in [3.05, 3.63) is 0 Å². The monoisotopic (exact) mass is 174 g/mol. The molecule has 0 amide bonds. The summed E-state index contributed by atoms with van der Waals surface area (Å²) in [5.41, 5.74) is 0. The van der Waals surface area contributed by atoms with E-state index in [-0.39, 0.29) is 24.4 Å². The molecule has 2 heterocycles. The lowest BCUT2D eigenvalue weighted by Crippen LogP contribution is -2.55. The highest BCUT2D eigenvalue weighted by molar-refractivity contribution is 4.85. The number of hydrogen-bond acceptors (Lipinski definition) is 4. The van der Waals surface area contributed by atoms with Crippen LogP contribution in [0.5, 0.6) is 0 Å². The number of ether oxygens (including phenoxy) is 4. The van der Waals surface area contributed by atoms with Crippen molar-refractivity contribution in [2.45, 2.75) is 38.3 Å². The van der Waals surface area contributed by atoms with Crippen LogP contribution in [0.2, 0.25) is 0 Å². The van der Waals surface area contributed by atoms with Crippen molar-refractivity contribution < 1.29 is 18.9 Å². The van der Waals surface area contributed by atoms with Crippen LogP contribution in [-0.2, 0) is 18.9 Å². The lowest BCUT2D eigenvalue weighted by Gasteiger charge is -2.42. The molecule has 0 N–H and O–H groups in total. The van der Waals surface area contributed by atoms with Crippen molar-refractivity contribution in [3.8, 4) is 0 Å². The average molecular weight is 174 g/mol. The Bertz CT molecular complexity index is 143. The standard InChI is InChI=1S/C8H14O4/c1-5-7-8(12-3-9-5)6(2)10-4-11-7/h5-8H,3-4H2,1-2H3. The van der Waals surface area contributed by atoms with E-state index in [1.54, 1.807) is 0 Å². The number of rotatable bonds is 0. The second-order valence-electron chi connectivity index (χ2n) is 3.24. The van der Waals surface area contributed by atoms with Gasteiger partial charge in [-0.25, -0.2) is 0 Å². The van der Waals surface area contributed by atoms with Crippen molar-refractivity contribution in [1.82, 2.24) is 0 Å². The van der Waals surface area contributed by atoms with Gasteiger partial charge in [-0.05, 0) is 13.8 Å². The van der Waals surface area contributed by atoms with Gasteiger partial charge in [-0.1, -0.05) is 0 Å². The smallest absolute Gasteiger partial charge is 0.147 e. The number of fused-ring (bicyclic) bond motifs is 1. The van der Waals surface area contributed by atoms with Gasteiger partial charge in [-0.3, -0.25) is 0 Å². The van der Waals surface area contributed by atoms with Crippen LogP contribution in [0.3, 0.4) is 0 Å². The van der Waals surface area contributed by atoms with Gasteiger partial charge >= 0.3 is 0 Å². The van der Waals surface area contributed by atoms with Crippen molar-refractivity contribution in [2.75, 3.05) is 13.6 Å². The molecule has 12 heavy (non-hydrogen) atoms. The Hall–Kier alpha value is -0.160. The van der Waals surface area contributed by atoms with Gasteiger partial charge in [0.1, 0.15) is 25.8 Å². The van der Waals surface area contributed by atoms with E-state index in [1.807, 2.05) is 13.8 Å². The fraction of sp³-hybridized carbons (Fsp3) is 1.00. The van der Waals surface area contributed by atoms with Crippen molar-refractivity contribution in [1.29, 1.82) is 0 Å². The zero-order valence-electron chi connectivity index (χ0n) is 7.36. The lowest BCUT2D eigenvalue weighted by molar-refractivity contribution is -0.316. The van der Waals surface area contributed by atoms with Crippen LogP contribution >= 0.6 is 0 Å². The van der Waals surface area contributed by atoms with Crippen LogP contribution in [0.4, 0.5) is 0 Å². The van der Waals surface area contributed by atoms with Gasteiger partial charge in [-0.15, -0.1) is 0 Å². The molecule has 0 aromatic heterocycles. The van der Waals surface area contributed by atoms with Crippen LogP contribution < -0.4 is 0 Å². The molecular weight excluding hydrogens is 160 g/mol. The molecule has 0 saturated carbocycles. The first kappa shape index (κ1) is 8.44. The summed E-state index contributed by atoms with van der Waals surface area (Å²) < 4.78 is 21.4. The Morgan fingerprint density at radius 1 is 0.750 bits per heavy atom. The fourth-order valence-electron chi connectivity index (χ4n) is 1.63. The molecule has 4 unspecified atom stereocenters. The maximum Gasteiger partial charge on any atom is 0.147 e. The Balaban J connectivity index is 2.05. The van der Waals surface area contributed by atoms with Crippen LogP contribution in [0, 0.1) is 0 Å². The summed E-state index contributed by atoms with van der Waals surface area (Å²) in [4.78, 5) is 0. The quantitative estimate of drug-likeness (QED) is 0.536. The Kier molecular flexibility index (Phi) is 2.32. The van der Waals surface area contributed by atoms with Crippen molar-refractivity contribution in [3.63, 3.8) is 0 Å². The van der Waals surface area contributed by atoms with Crippen molar-refractivity contribution in [2.24, 2.45) is 0 Å². The molecule has 0 aliphatic carbocycles. The molecule has 0 aromatic carbocycles. The molecule has 2 fully saturated rings. The molecule has 2 aliphatic heterocycles. The summed E-state index contributed by atoms with van der Waals surface area (Å²) in [6.07, 6.45) is 0.273.